The van der Waals surface area contributed by atoms with Crippen LogP contribution in [0.15, 0.2) is 30.5 Å². The second-order valence-electron chi connectivity index (χ2n) is 6.37. The monoisotopic (exact) mass is 305 g/mol. The summed E-state index contributed by atoms with van der Waals surface area (Å²) in [6, 6.07) is 8.94. The maximum absolute atomic E-state index is 11.8. The van der Waals surface area contributed by atoms with E-state index in [4.69, 9.17) is 9.47 Å². The van der Waals surface area contributed by atoms with Gasteiger partial charge >= 0.3 is 5.97 Å². The number of hydrogen-bond donors (Lipinski definition) is 0. The molecule has 0 bridgehead atoms. The fraction of sp³-hybridized carbons (Fsp3) is 0.438. The molecule has 4 nitrogen and oxygen atoms in total. The Balaban J connectivity index is 2.15. The van der Waals surface area contributed by atoms with Gasteiger partial charge in [-0.05, 0) is 12.1 Å². The maximum Gasteiger partial charge on any atom is 0.340 e. The first-order chi connectivity index (χ1) is 9.92. The normalized spacial score (nSPS) is 11.8. The Bertz CT molecular complexity index is 628. The molecule has 0 saturated heterocycles. The van der Waals surface area contributed by atoms with E-state index in [1.165, 1.54) is 7.11 Å². The molecule has 0 aliphatic carbocycles. The van der Waals surface area contributed by atoms with E-state index < -0.39 is 8.07 Å². The molecule has 0 amide bonds. The fourth-order valence-corrected chi connectivity index (χ4v) is 2.92. The number of carbonyl (C=O) groups is 1. The topological polar surface area (TPSA) is 40.5 Å². The second-order valence-corrected chi connectivity index (χ2v) is 12.0. The molecule has 1 heterocycles. The first-order valence-electron chi connectivity index (χ1n) is 7.16. The van der Waals surface area contributed by atoms with Gasteiger partial charge < -0.3 is 14.0 Å². The highest BCUT2D eigenvalue weighted by Gasteiger charge is 2.16. The number of fused-ring (bicyclic) bond motifs is 1. The molecule has 2 rings (SSSR count). The van der Waals surface area contributed by atoms with Gasteiger partial charge in [0.05, 0.1) is 18.2 Å². The van der Waals surface area contributed by atoms with Crippen molar-refractivity contribution < 1.29 is 14.3 Å². The van der Waals surface area contributed by atoms with Gasteiger partial charge in [0.1, 0.15) is 6.73 Å². The van der Waals surface area contributed by atoms with E-state index in [2.05, 4.69) is 19.6 Å². The van der Waals surface area contributed by atoms with Crippen LogP contribution in [0, 0.1) is 0 Å². The molecule has 0 unspecified atom stereocenters. The van der Waals surface area contributed by atoms with Crippen LogP contribution in [0.2, 0.25) is 25.7 Å². The van der Waals surface area contributed by atoms with E-state index >= 15 is 0 Å². The third-order valence-electron chi connectivity index (χ3n) is 3.42. The predicted octanol–water partition coefficient (Wildman–Crippen LogP) is 3.74. The predicted molar refractivity (Wildman–Crippen MR) is 87.4 cm³/mol. The van der Waals surface area contributed by atoms with Crippen LogP contribution in [-0.4, -0.2) is 32.3 Å². The summed E-state index contributed by atoms with van der Waals surface area (Å²) >= 11 is 0. The van der Waals surface area contributed by atoms with Crippen LogP contribution >= 0.6 is 0 Å². The molecule has 114 valence electrons. The molecule has 1 aromatic heterocycles. The second kappa shape index (κ2) is 6.45. The number of benzene rings is 1. The van der Waals surface area contributed by atoms with Gasteiger partial charge in [-0.1, -0.05) is 37.8 Å². The maximum atomic E-state index is 11.8. The third-order valence-corrected chi connectivity index (χ3v) is 5.12. The van der Waals surface area contributed by atoms with Crippen LogP contribution in [0.25, 0.3) is 10.9 Å². The van der Waals surface area contributed by atoms with Crippen molar-refractivity contribution in [2.24, 2.45) is 0 Å². The Kier molecular flexibility index (Phi) is 4.85. The largest absolute Gasteiger partial charge is 0.465 e. The number of esters is 1. The summed E-state index contributed by atoms with van der Waals surface area (Å²) < 4.78 is 12.6. The molecule has 1 aromatic carbocycles. The fourth-order valence-electron chi connectivity index (χ4n) is 2.17. The molecule has 5 heteroatoms. The summed E-state index contributed by atoms with van der Waals surface area (Å²) in [5.41, 5.74) is 1.58. The van der Waals surface area contributed by atoms with Crippen molar-refractivity contribution in [1.29, 1.82) is 0 Å². The Morgan fingerprint density at radius 2 is 1.95 bits per heavy atom. The van der Waals surface area contributed by atoms with Gasteiger partial charge in [0.15, 0.2) is 0 Å². The molecule has 0 atom stereocenters. The van der Waals surface area contributed by atoms with Crippen molar-refractivity contribution in [2.75, 3.05) is 13.7 Å². The summed E-state index contributed by atoms with van der Waals surface area (Å²) in [6.45, 7) is 8.21. The molecule has 0 saturated carbocycles. The van der Waals surface area contributed by atoms with Gasteiger partial charge in [-0.3, -0.25) is 0 Å². The molecule has 0 aliphatic rings. The Morgan fingerprint density at radius 1 is 1.24 bits per heavy atom. The summed E-state index contributed by atoms with van der Waals surface area (Å²) in [7, 11) is 0.326. The van der Waals surface area contributed by atoms with Crippen LogP contribution in [0.5, 0.6) is 0 Å². The lowest BCUT2D eigenvalue weighted by Gasteiger charge is -2.15. The zero-order valence-corrected chi connectivity index (χ0v) is 14.2. The summed E-state index contributed by atoms with van der Waals surface area (Å²) in [4.78, 5) is 11.8. The third kappa shape index (κ3) is 3.95. The zero-order chi connectivity index (χ0) is 15.5. The number of ether oxygens (including phenoxy) is 2. The molecule has 0 fully saturated rings. The van der Waals surface area contributed by atoms with Crippen molar-refractivity contribution in [3.8, 4) is 0 Å². The molecule has 0 N–H and O–H groups in total. The van der Waals surface area contributed by atoms with Crippen LogP contribution in [0.1, 0.15) is 10.4 Å². The average molecular weight is 305 g/mol. The number of hydrogen-bond acceptors (Lipinski definition) is 3. The van der Waals surface area contributed by atoms with Gasteiger partial charge in [-0.2, -0.15) is 0 Å². The van der Waals surface area contributed by atoms with E-state index in [9.17, 15) is 4.79 Å². The lowest BCUT2D eigenvalue weighted by Crippen LogP contribution is -2.21. The molecule has 0 radical (unpaired) electrons. The Morgan fingerprint density at radius 3 is 2.62 bits per heavy atom. The first-order valence-corrected chi connectivity index (χ1v) is 10.9. The highest BCUT2D eigenvalue weighted by atomic mass is 28.3. The molecule has 0 spiro atoms. The van der Waals surface area contributed by atoms with Crippen molar-refractivity contribution in [3.63, 3.8) is 0 Å². The van der Waals surface area contributed by atoms with Crippen LogP contribution in [0.4, 0.5) is 0 Å². The highest BCUT2D eigenvalue weighted by molar-refractivity contribution is 6.76. The highest BCUT2D eigenvalue weighted by Crippen LogP contribution is 2.22. The number of methoxy groups -OCH3 is 1. The van der Waals surface area contributed by atoms with Gasteiger partial charge in [0.2, 0.25) is 0 Å². The van der Waals surface area contributed by atoms with Crippen molar-refractivity contribution in [3.05, 3.63) is 36.0 Å². The quantitative estimate of drug-likeness (QED) is 0.464. The van der Waals surface area contributed by atoms with Crippen molar-refractivity contribution in [2.45, 2.75) is 32.4 Å². The molecule has 21 heavy (non-hydrogen) atoms. The van der Waals surface area contributed by atoms with Crippen molar-refractivity contribution >= 4 is 24.9 Å². The number of rotatable bonds is 6. The van der Waals surface area contributed by atoms with E-state index in [1.807, 2.05) is 35.0 Å². The van der Waals surface area contributed by atoms with Gasteiger partial charge in [0.25, 0.3) is 0 Å². The average Bonchev–Trinajstić information content (AvgIpc) is 2.81. The Hall–Kier alpha value is -1.59. The van der Waals surface area contributed by atoms with E-state index in [0.717, 1.165) is 23.6 Å². The number of para-hydroxylation sites is 1. The molecular weight excluding hydrogens is 282 g/mol. The lowest BCUT2D eigenvalue weighted by atomic mass is 10.2. The minimum Gasteiger partial charge on any atom is -0.465 e. The summed E-state index contributed by atoms with van der Waals surface area (Å²) in [5, 5.41) is 0.901. The summed E-state index contributed by atoms with van der Waals surface area (Å²) in [6.07, 6.45) is 1.81. The van der Waals surface area contributed by atoms with Gasteiger partial charge in [-0.15, -0.1) is 0 Å². The number of nitrogens with zero attached hydrogens (tertiary/aromatic N) is 1. The van der Waals surface area contributed by atoms with E-state index in [-0.39, 0.29) is 5.97 Å². The standard InChI is InChI=1S/C16H23NO3Si/c1-19-16(18)14-11-17(12-20-9-10-21(2,3)4)15-8-6-5-7-13(14)15/h5-8,11H,9-10,12H2,1-4H3. The van der Waals surface area contributed by atoms with Gasteiger partial charge in [-0.25, -0.2) is 4.79 Å². The first kappa shape index (κ1) is 15.8. The van der Waals surface area contributed by atoms with Crippen molar-refractivity contribution in [1.82, 2.24) is 4.57 Å². The van der Waals surface area contributed by atoms with E-state index in [0.29, 0.717) is 12.3 Å². The minimum atomic E-state index is -1.08. The number of carbonyl (C=O) groups excluding carboxylic acids is 1. The SMILES string of the molecule is COC(=O)c1cn(COCC[Si](C)(C)C)c2ccccc12. The van der Waals surface area contributed by atoms with Crippen LogP contribution in [0.3, 0.4) is 0 Å². The summed E-state index contributed by atoms with van der Waals surface area (Å²) in [5.74, 6) is -0.313. The zero-order valence-electron chi connectivity index (χ0n) is 13.2. The Labute approximate surface area is 126 Å². The lowest BCUT2D eigenvalue weighted by molar-refractivity contribution is 0.0601. The van der Waals surface area contributed by atoms with E-state index in [1.54, 1.807) is 0 Å². The molecule has 0 aliphatic heterocycles. The van der Waals surface area contributed by atoms with Crippen LogP contribution < -0.4 is 0 Å². The minimum absolute atomic E-state index is 0.313. The molecule has 2 aromatic rings. The number of aromatic nitrogens is 1. The smallest absolute Gasteiger partial charge is 0.340 e. The van der Waals surface area contributed by atoms with Crippen LogP contribution in [-0.2, 0) is 16.2 Å². The van der Waals surface area contributed by atoms with Gasteiger partial charge in [0, 0.05) is 26.3 Å². The molecular formula is C16H23NO3Si.